The van der Waals surface area contributed by atoms with Crippen molar-refractivity contribution in [3.05, 3.63) is 204 Å². The van der Waals surface area contributed by atoms with Gasteiger partial charge in [-0.25, -0.2) is 0 Å². The van der Waals surface area contributed by atoms with Crippen LogP contribution in [0.1, 0.15) is 49.9 Å². The van der Waals surface area contributed by atoms with Crippen LogP contribution in [0.4, 0.5) is 0 Å². The number of rotatable bonds is 4. The molecule has 0 radical (unpaired) electrons. The predicted octanol–water partition coefficient (Wildman–Crippen LogP) is 15.3. The van der Waals surface area contributed by atoms with Crippen molar-refractivity contribution >= 4 is 21.5 Å². The largest absolute Gasteiger partial charge is 0.0619 e. The minimum Gasteiger partial charge on any atom is -0.0619 e. The minimum atomic E-state index is -0.114. The Labute approximate surface area is 329 Å². The number of benzene rings is 9. The summed E-state index contributed by atoms with van der Waals surface area (Å²) >= 11 is 0. The first-order valence-electron chi connectivity index (χ1n) is 19.9. The standard InChI is InChI=1S/C56H42/c1-55(2)51-12-8-7-11-47(51)48-26-23-44(32-52(48)55)36-13-15-37(16-14-36)45-24-27-49-50-28-25-46(34-54(50)56(3,4)53(49)33-45)43-22-21-41-30-40(19-20-42(41)31-43)39-18-17-35-9-5-6-10-38(35)29-39/h5-34H,1-4H3. The molecule has 0 N–H and O–H groups in total. The predicted molar refractivity (Wildman–Crippen MR) is 238 cm³/mol. The van der Waals surface area contributed by atoms with Crippen molar-refractivity contribution in [1.82, 2.24) is 0 Å². The Bertz CT molecular complexity index is 3060. The monoisotopic (exact) mass is 714 g/mol. The van der Waals surface area contributed by atoms with Gasteiger partial charge >= 0.3 is 0 Å². The molecule has 9 aromatic carbocycles. The number of hydrogen-bond donors (Lipinski definition) is 0. The fourth-order valence-electron chi connectivity index (χ4n) is 9.81. The second kappa shape index (κ2) is 12.0. The average molecular weight is 715 g/mol. The lowest BCUT2D eigenvalue weighted by molar-refractivity contribution is 0.660. The summed E-state index contributed by atoms with van der Waals surface area (Å²) in [6.45, 7) is 9.48. The van der Waals surface area contributed by atoms with Crippen molar-refractivity contribution in [2.75, 3.05) is 0 Å². The van der Waals surface area contributed by atoms with Crippen molar-refractivity contribution in [2.45, 2.75) is 38.5 Å². The molecular formula is C56H42. The highest BCUT2D eigenvalue weighted by molar-refractivity contribution is 5.94. The molecular weight excluding hydrogens is 673 g/mol. The third-order valence-corrected chi connectivity index (χ3v) is 13.1. The van der Waals surface area contributed by atoms with Gasteiger partial charge in [0.1, 0.15) is 0 Å². The van der Waals surface area contributed by atoms with Gasteiger partial charge in [-0.1, -0.05) is 173 Å². The molecule has 2 aliphatic carbocycles. The topological polar surface area (TPSA) is 0 Å². The summed E-state index contributed by atoms with van der Waals surface area (Å²) in [5.41, 5.74) is 21.0. The van der Waals surface area contributed by atoms with Crippen LogP contribution in [0.3, 0.4) is 0 Å². The lowest BCUT2D eigenvalue weighted by Gasteiger charge is -2.23. The molecule has 11 rings (SSSR count). The van der Waals surface area contributed by atoms with Crippen molar-refractivity contribution in [1.29, 1.82) is 0 Å². The van der Waals surface area contributed by atoms with E-state index in [1.807, 2.05) is 0 Å². The maximum absolute atomic E-state index is 2.44. The van der Waals surface area contributed by atoms with Crippen LogP contribution in [-0.2, 0) is 10.8 Å². The van der Waals surface area contributed by atoms with Crippen LogP contribution < -0.4 is 0 Å². The quantitative estimate of drug-likeness (QED) is 0.170. The Balaban J connectivity index is 0.869. The van der Waals surface area contributed by atoms with Gasteiger partial charge in [-0.2, -0.15) is 0 Å². The summed E-state index contributed by atoms with van der Waals surface area (Å²) in [6.07, 6.45) is 0. The fraction of sp³-hybridized carbons (Fsp3) is 0.107. The van der Waals surface area contributed by atoms with E-state index in [2.05, 4.69) is 210 Å². The second-order valence-corrected chi connectivity index (χ2v) is 17.0. The smallest absolute Gasteiger partial charge is 0.0159 e. The SMILES string of the molecule is CC1(C)c2ccccc2-c2ccc(-c3ccc(-c4ccc5c(c4)C(C)(C)c4cc(-c6ccc7cc(-c8ccc9ccccc9c8)ccc7c6)ccc4-5)cc3)cc21. The van der Waals surface area contributed by atoms with Crippen molar-refractivity contribution in [3.63, 3.8) is 0 Å². The molecule has 0 aromatic heterocycles. The molecule has 0 spiro atoms. The Hall–Kier alpha value is -6.50. The van der Waals surface area contributed by atoms with Gasteiger partial charge in [-0.05, 0) is 147 Å². The van der Waals surface area contributed by atoms with Gasteiger partial charge in [-0.15, -0.1) is 0 Å². The van der Waals surface area contributed by atoms with E-state index in [0.29, 0.717) is 0 Å². The highest BCUT2D eigenvalue weighted by Crippen LogP contribution is 2.52. The molecule has 0 nitrogen and oxygen atoms in total. The molecule has 0 saturated carbocycles. The highest BCUT2D eigenvalue weighted by Gasteiger charge is 2.37. The molecule has 0 aliphatic heterocycles. The maximum Gasteiger partial charge on any atom is 0.0159 e. The third-order valence-electron chi connectivity index (χ3n) is 13.1. The van der Waals surface area contributed by atoms with E-state index >= 15 is 0 Å². The van der Waals surface area contributed by atoms with Crippen LogP contribution in [0.25, 0.3) is 88.3 Å². The molecule has 0 heterocycles. The zero-order valence-corrected chi connectivity index (χ0v) is 32.3. The molecule has 56 heavy (non-hydrogen) atoms. The Morgan fingerprint density at radius 2 is 0.536 bits per heavy atom. The van der Waals surface area contributed by atoms with Gasteiger partial charge < -0.3 is 0 Å². The van der Waals surface area contributed by atoms with E-state index in [0.717, 1.165) is 0 Å². The second-order valence-electron chi connectivity index (χ2n) is 17.0. The van der Waals surface area contributed by atoms with Crippen LogP contribution in [0.15, 0.2) is 182 Å². The lowest BCUT2D eigenvalue weighted by atomic mass is 9.80. The summed E-state index contributed by atoms with van der Waals surface area (Å²) in [4.78, 5) is 0. The maximum atomic E-state index is 2.44. The van der Waals surface area contributed by atoms with Crippen LogP contribution in [-0.4, -0.2) is 0 Å². The number of fused-ring (bicyclic) bond motifs is 8. The molecule has 266 valence electrons. The Morgan fingerprint density at radius 1 is 0.232 bits per heavy atom. The van der Waals surface area contributed by atoms with Crippen LogP contribution in [0.2, 0.25) is 0 Å². The lowest BCUT2D eigenvalue weighted by Crippen LogP contribution is -2.15. The molecule has 0 heteroatoms. The number of hydrogen-bond acceptors (Lipinski definition) is 0. The van der Waals surface area contributed by atoms with Gasteiger partial charge in [0.15, 0.2) is 0 Å². The Morgan fingerprint density at radius 3 is 1.04 bits per heavy atom. The molecule has 0 amide bonds. The van der Waals surface area contributed by atoms with Crippen LogP contribution >= 0.6 is 0 Å². The van der Waals surface area contributed by atoms with Crippen molar-refractivity contribution in [2.24, 2.45) is 0 Å². The summed E-state index contributed by atoms with van der Waals surface area (Å²) in [6, 6.07) is 68.3. The van der Waals surface area contributed by atoms with E-state index in [1.165, 1.54) is 111 Å². The summed E-state index contributed by atoms with van der Waals surface area (Å²) in [5, 5.41) is 5.07. The first kappa shape index (κ1) is 32.9. The van der Waals surface area contributed by atoms with Gasteiger partial charge in [0.25, 0.3) is 0 Å². The van der Waals surface area contributed by atoms with Crippen molar-refractivity contribution < 1.29 is 0 Å². The molecule has 0 atom stereocenters. The molecule has 9 aromatic rings. The van der Waals surface area contributed by atoms with Gasteiger partial charge in [-0.3, -0.25) is 0 Å². The van der Waals surface area contributed by atoms with E-state index in [-0.39, 0.29) is 10.8 Å². The fourth-order valence-corrected chi connectivity index (χ4v) is 9.81. The van der Waals surface area contributed by atoms with Crippen LogP contribution in [0, 0.1) is 0 Å². The zero-order valence-electron chi connectivity index (χ0n) is 32.3. The molecule has 0 bridgehead atoms. The van der Waals surface area contributed by atoms with E-state index in [4.69, 9.17) is 0 Å². The first-order valence-corrected chi connectivity index (χ1v) is 19.9. The van der Waals surface area contributed by atoms with E-state index in [1.54, 1.807) is 0 Å². The average Bonchev–Trinajstić information content (AvgIpc) is 3.61. The summed E-state index contributed by atoms with van der Waals surface area (Å²) in [7, 11) is 0. The van der Waals surface area contributed by atoms with Crippen molar-refractivity contribution in [3.8, 4) is 66.8 Å². The highest BCUT2D eigenvalue weighted by atomic mass is 14.4. The normalized spacial score (nSPS) is 14.4. The zero-order chi connectivity index (χ0) is 37.8. The summed E-state index contributed by atoms with van der Waals surface area (Å²) < 4.78 is 0. The first-order chi connectivity index (χ1) is 27.2. The van der Waals surface area contributed by atoms with Gasteiger partial charge in [0.2, 0.25) is 0 Å². The Kier molecular flexibility index (Phi) is 7.05. The van der Waals surface area contributed by atoms with Gasteiger partial charge in [0.05, 0.1) is 0 Å². The molecule has 0 unspecified atom stereocenters. The summed E-state index contributed by atoms with van der Waals surface area (Å²) in [5.74, 6) is 0. The molecule has 2 aliphatic rings. The molecule has 0 saturated heterocycles. The van der Waals surface area contributed by atoms with Crippen LogP contribution in [0.5, 0.6) is 0 Å². The minimum absolute atomic E-state index is 0.00322. The van der Waals surface area contributed by atoms with E-state index < -0.39 is 0 Å². The van der Waals surface area contributed by atoms with Gasteiger partial charge in [0, 0.05) is 10.8 Å². The van der Waals surface area contributed by atoms with E-state index in [9.17, 15) is 0 Å². The third kappa shape index (κ3) is 4.99. The molecule has 0 fully saturated rings.